The second-order valence-electron chi connectivity index (χ2n) is 7.22. The number of benzene rings is 2. The van der Waals surface area contributed by atoms with E-state index in [1.807, 2.05) is 54.3 Å². The van der Waals surface area contributed by atoms with Crippen LogP contribution in [-0.4, -0.2) is 33.5 Å². The van der Waals surface area contributed by atoms with Crippen LogP contribution in [0.15, 0.2) is 54.6 Å². The summed E-state index contributed by atoms with van der Waals surface area (Å²) in [5, 5.41) is 0. The fraction of sp³-hybridized carbons (Fsp3) is 0.391. The lowest BCUT2D eigenvalue weighted by atomic mass is 10.2. The third-order valence-corrected chi connectivity index (χ3v) is 5.40. The largest absolute Gasteiger partial charge is 0.494 e. The molecule has 1 fully saturated rings. The molecule has 1 aliphatic rings. The fourth-order valence-corrected chi connectivity index (χ4v) is 4.05. The number of hydrogen-bond acceptors (Lipinski definition) is 3. The molecule has 1 saturated heterocycles. The topological polar surface area (TPSA) is 47.4 Å². The number of rotatable bonds is 7. The van der Waals surface area contributed by atoms with Gasteiger partial charge in [-0.3, -0.25) is 4.79 Å². The van der Waals surface area contributed by atoms with Crippen molar-refractivity contribution in [3.05, 3.63) is 60.4 Å². The maximum Gasteiger partial charge on any atom is 0.222 e. The molecule has 28 heavy (non-hydrogen) atoms. The molecule has 0 unspecified atom stereocenters. The standard InChI is InChI=1S/C23H27N3O2/c1-2-22(27)25-15-8-14-21(25)23-24-19-12-6-7-13-20(19)26(23)16-9-17-28-18-10-4-3-5-11-18/h3-7,10-13,21H,2,8-9,14-17H2,1H3/t21-/m0/s1. The van der Waals surface area contributed by atoms with Crippen molar-refractivity contribution in [2.45, 2.75) is 45.2 Å². The Hall–Kier alpha value is -2.82. The lowest BCUT2D eigenvalue weighted by Crippen LogP contribution is -2.31. The summed E-state index contributed by atoms with van der Waals surface area (Å²) in [6, 6.07) is 18.2. The highest BCUT2D eigenvalue weighted by atomic mass is 16.5. The van der Waals surface area contributed by atoms with Gasteiger partial charge in [-0.1, -0.05) is 37.3 Å². The minimum atomic E-state index is 0.0786. The molecule has 5 nitrogen and oxygen atoms in total. The molecule has 2 heterocycles. The summed E-state index contributed by atoms with van der Waals surface area (Å²) in [7, 11) is 0. The van der Waals surface area contributed by atoms with Gasteiger partial charge in [0, 0.05) is 19.5 Å². The molecule has 146 valence electrons. The molecule has 0 bridgehead atoms. The molecule has 1 aromatic heterocycles. The number of carbonyl (C=O) groups excluding carboxylic acids is 1. The van der Waals surface area contributed by atoms with E-state index in [0.717, 1.165) is 55.0 Å². The number of fused-ring (bicyclic) bond motifs is 1. The average Bonchev–Trinajstić information content (AvgIpc) is 3.36. The zero-order valence-electron chi connectivity index (χ0n) is 16.4. The van der Waals surface area contributed by atoms with Gasteiger partial charge in [0.15, 0.2) is 0 Å². The van der Waals surface area contributed by atoms with Crippen LogP contribution in [0.5, 0.6) is 5.75 Å². The zero-order chi connectivity index (χ0) is 19.3. The SMILES string of the molecule is CCC(=O)N1CCC[C@H]1c1nc2ccccc2n1CCCOc1ccccc1. The first kappa shape index (κ1) is 18.5. The van der Waals surface area contributed by atoms with E-state index in [2.05, 4.69) is 16.7 Å². The Kier molecular flexibility index (Phi) is 5.60. The van der Waals surface area contributed by atoms with Crippen LogP contribution in [0.3, 0.4) is 0 Å². The smallest absolute Gasteiger partial charge is 0.222 e. The van der Waals surface area contributed by atoms with Crippen molar-refractivity contribution in [2.24, 2.45) is 0 Å². The van der Waals surface area contributed by atoms with E-state index in [4.69, 9.17) is 9.72 Å². The van der Waals surface area contributed by atoms with Gasteiger partial charge in [-0.15, -0.1) is 0 Å². The molecule has 4 rings (SSSR count). The predicted molar refractivity (Wildman–Crippen MR) is 110 cm³/mol. The zero-order valence-corrected chi connectivity index (χ0v) is 16.4. The number of para-hydroxylation sites is 3. The summed E-state index contributed by atoms with van der Waals surface area (Å²) in [5.41, 5.74) is 2.13. The first-order valence-corrected chi connectivity index (χ1v) is 10.2. The van der Waals surface area contributed by atoms with Gasteiger partial charge >= 0.3 is 0 Å². The predicted octanol–water partition coefficient (Wildman–Crippen LogP) is 4.58. The van der Waals surface area contributed by atoms with Gasteiger partial charge in [-0.05, 0) is 43.5 Å². The lowest BCUT2D eigenvalue weighted by molar-refractivity contribution is -0.131. The molecule has 5 heteroatoms. The highest BCUT2D eigenvalue weighted by Gasteiger charge is 2.32. The molecule has 0 spiro atoms. The van der Waals surface area contributed by atoms with Crippen LogP contribution in [0, 0.1) is 0 Å². The van der Waals surface area contributed by atoms with Crippen LogP contribution in [0.4, 0.5) is 0 Å². The number of hydrogen-bond donors (Lipinski definition) is 0. The molecule has 1 aliphatic heterocycles. The molecule has 0 radical (unpaired) electrons. The van der Waals surface area contributed by atoms with Crippen LogP contribution in [0.2, 0.25) is 0 Å². The van der Waals surface area contributed by atoms with Crippen LogP contribution in [-0.2, 0) is 11.3 Å². The number of carbonyl (C=O) groups is 1. The third-order valence-electron chi connectivity index (χ3n) is 5.40. The number of amides is 1. The van der Waals surface area contributed by atoms with Crippen LogP contribution >= 0.6 is 0 Å². The summed E-state index contributed by atoms with van der Waals surface area (Å²) in [4.78, 5) is 19.3. The number of aryl methyl sites for hydroxylation is 1. The Labute approximate surface area is 165 Å². The Morgan fingerprint density at radius 1 is 1.14 bits per heavy atom. The van der Waals surface area contributed by atoms with Crippen molar-refractivity contribution in [3.8, 4) is 5.75 Å². The second kappa shape index (κ2) is 8.46. The van der Waals surface area contributed by atoms with Gasteiger partial charge in [-0.2, -0.15) is 0 Å². The normalized spacial score (nSPS) is 16.6. The Bertz CT molecular complexity index is 935. The highest BCUT2D eigenvalue weighted by Crippen LogP contribution is 2.34. The van der Waals surface area contributed by atoms with E-state index in [1.54, 1.807) is 0 Å². The van der Waals surface area contributed by atoms with Crippen LogP contribution < -0.4 is 4.74 Å². The Morgan fingerprint density at radius 2 is 1.93 bits per heavy atom. The van der Waals surface area contributed by atoms with Crippen molar-refractivity contribution >= 4 is 16.9 Å². The highest BCUT2D eigenvalue weighted by molar-refractivity contribution is 5.78. The lowest BCUT2D eigenvalue weighted by Gasteiger charge is -2.25. The van der Waals surface area contributed by atoms with Crippen molar-refractivity contribution in [2.75, 3.05) is 13.2 Å². The van der Waals surface area contributed by atoms with Gasteiger partial charge in [0.05, 0.1) is 23.7 Å². The number of likely N-dealkylation sites (tertiary alicyclic amines) is 1. The van der Waals surface area contributed by atoms with Crippen molar-refractivity contribution in [1.82, 2.24) is 14.5 Å². The Morgan fingerprint density at radius 3 is 2.75 bits per heavy atom. The monoisotopic (exact) mass is 377 g/mol. The first-order valence-electron chi connectivity index (χ1n) is 10.2. The van der Waals surface area contributed by atoms with Crippen molar-refractivity contribution < 1.29 is 9.53 Å². The van der Waals surface area contributed by atoms with Crippen LogP contribution in [0.25, 0.3) is 11.0 Å². The summed E-state index contributed by atoms with van der Waals surface area (Å²) in [5.74, 6) is 2.13. The number of imidazole rings is 1. The van der Waals surface area contributed by atoms with E-state index in [1.165, 1.54) is 0 Å². The fourth-order valence-electron chi connectivity index (χ4n) is 4.05. The summed E-state index contributed by atoms with van der Waals surface area (Å²) >= 11 is 0. The average molecular weight is 377 g/mol. The molecule has 3 aromatic rings. The van der Waals surface area contributed by atoms with Crippen molar-refractivity contribution in [3.63, 3.8) is 0 Å². The molecule has 2 aromatic carbocycles. The maximum absolute atomic E-state index is 12.4. The molecule has 0 saturated carbocycles. The van der Waals surface area contributed by atoms with E-state index >= 15 is 0 Å². The van der Waals surface area contributed by atoms with Crippen molar-refractivity contribution in [1.29, 1.82) is 0 Å². The maximum atomic E-state index is 12.4. The number of ether oxygens (including phenoxy) is 1. The second-order valence-corrected chi connectivity index (χ2v) is 7.22. The van der Waals surface area contributed by atoms with Gasteiger partial charge in [0.2, 0.25) is 5.91 Å². The summed E-state index contributed by atoms with van der Waals surface area (Å²) in [6.07, 6.45) is 3.45. The molecular formula is C23H27N3O2. The van der Waals surface area contributed by atoms with Crippen LogP contribution in [0.1, 0.15) is 44.5 Å². The quantitative estimate of drug-likeness (QED) is 0.566. The molecule has 1 atom stereocenters. The van der Waals surface area contributed by atoms with Gasteiger partial charge in [-0.25, -0.2) is 4.98 Å². The number of aromatic nitrogens is 2. The van der Waals surface area contributed by atoms with Gasteiger partial charge in [0.1, 0.15) is 11.6 Å². The minimum absolute atomic E-state index is 0.0786. The molecule has 0 aliphatic carbocycles. The number of nitrogens with zero attached hydrogens (tertiary/aromatic N) is 3. The molecule has 0 N–H and O–H groups in total. The molecular weight excluding hydrogens is 350 g/mol. The molecule has 1 amide bonds. The summed E-state index contributed by atoms with van der Waals surface area (Å²) in [6.45, 7) is 4.24. The third kappa shape index (κ3) is 3.75. The Balaban J connectivity index is 1.54. The van der Waals surface area contributed by atoms with E-state index in [-0.39, 0.29) is 11.9 Å². The first-order chi connectivity index (χ1) is 13.8. The van der Waals surface area contributed by atoms with Gasteiger partial charge in [0.25, 0.3) is 0 Å². The van der Waals surface area contributed by atoms with E-state index in [9.17, 15) is 4.79 Å². The van der Waals surface area contributed by atoms with E-state index < -0.39 is 0 Å². The van der Waals surface area contributed by atoms with E-state index in [0.29, 0.717) is 13.0 Å². The minimum Gasteiger partial charge on any atom is -0.494 e. The van der Waals surface area contributed by atoms with Gasteiger partial charge < -0.3 is 14.2 Å². The summed E-state index contributed by atoms with van der Waals surface area (Å²) < 4.78 is 8.15.